The van der Waals surface area contributed by atoms with E-state index in [1.54, 1.807) is 49.4 Å². The van der Waals surface area contributed by atoms with Gasteiger partial charge in [-0.1, -0.05) is 55.0 Å². The largest absolute Gasteiger partial charge is 0.354 e. The molecule has 7 nitrogen and oxygen atoms in total. The Morgan fingerprint density at radius 3 is 2.16 bits per heavy atom. The third kappa shape index (κ3) is 7.54. The van der Waals surface area contributed by atoms with Crippen molar-refractivity contribution in [3.05, 3.63) is 93.6 Å². The van der Waals surface area contributed by atoms with Crippen LogP contribution in [0.25, 0.3) is 0 Å². The van der Waals surface area contributed by atoms with E-state index < -0.39 is 28.5 Å². The summed E-state index contributed by atoms with van der Waals surface area (Å²) in [4.78, 5) is 28.2. The van der Waals surface area contributed by atoms with Gasteiger partial charge in [0.05, 0.1) is 10.6 Å². The van der Waals surface area contributed by atoms with Crippen molar-refractivity contribution < 1.29 is 18.0 Å². The summed E-state index contributed by atoms with van der Waals surface area (Å²) in [5.41, 5.74) is 2.30. The van der Waals surface area contributed by atoms with Crippen molar-refractivity contribution >= 4 is 50.1 Å². The van der Waals surface area contributed by atoms with E-state index in [1.807, 2.05) is 38.1 Å². The summed E-state index contributed by atoms with van der Waals surface area (Å²) >= 11 is 2.14. The lowest BCUT2D eigenvalue weighted by molar-refractivity contribution is -0.139. The first-order chi connectivity index (χ1) is 17.6. The van der Waals surface area contributed by atoms with Gasteiger partial charge in [0.25, 0.3) is 10.0 Å². The molecule has 0 heterocycles. The van der Waals surface area contributed by atoms with E-state index in [1.165, 1.54) is 17.0 Å². The second-order valence-corrected chi connectivity index (χ2v) is 11.9. The number of nitrogens with zero attached hydrogens (tertiary/aromatic N) is 2. The number of nitrogens with one attached hydrogen (secondary N) is 1. The van der Waals surface area contributed by atoms with Crippen LogP contribution in [0.3, 0.4) is 0 Å². The zero-order valence-corrected chi connectivity index (χ0v) is 24.2. The van der Waals surface area contributed by atoms with Gasteiger partial charge in [0.15, 0.2) is 0 Å². The maximum absolute atomic E-state index is 13.8. The van der Waals surface area contributed by atoms with Gasteiger partial charge in [-0.05, 0) is 84.8 Å². The molecule has 0 saturated carbocycles. The lowest BCUT2D eigenvalue weighted by Gasteiger charge is -2.32. The molecule has 0 aliphatic carbocycles. The van der Waals surface area contributed by atoms with Gasteiger partial charge in [0.1, 0.15) is 12.6 Å². The van der Waals surface area contributed by atoms with Crippen molar-refractivity contribution in [3.8, 4) is 0 Å². The minimum atomic E-state index is -4.05. The van der Waals surface area contributed by atoms with Crippen LogP contribution in [0.2, 0.25) is 0 Å². The highest BCUT2D eigenvalue weighted by Crippen LogP contribution is 2.25. The van der Waals surface area contributed by atoms with Gasteiger partial charge in [0.2, 0.25) is 11.8 Å². The first-order valence-corrected chi connectivity index (χ1v) is 14.6. The third-order valence-electron chi connectivity index (χ3n) is 5.91. The SMILES string of the molecule is CCCNC(=O)[C@@H](C)N(Cc1ccc(C)cc1)C(=O)CN(c1ccc(I)cc1)S(=O)(=O)c1ccccc1. The molecular formula is C28H32IN3O4S. The highest BCUT2D eigenvalue weighted by Gasteiger charge is 2.32. The molecule has 2 amide bonds. The van der Waals surface area contributed by atoms with E-state index in [0.717, 1.165) is 25.4 Å². The number of aryl methyl sites for hydroxylation is 1. The van der Waals surface area contributed by atoms with Crippen LogP contribution in [0.5, 0.6) is 0 Å². The quantitative estimate of drug-likeness (QED) is 0.310. The van der Waals surface area contributed by atoms with Gasteiger partial charge in [0, 0.05) is 16.7 Å². The summed E-state index contributed by atoms with van der Waals surface area (Å²) < 4.78 is 29.4. The molecule has 0 aliphatic heterocycles. The number of sulfonamides is 1. The molecule has 0 spiro atoms. The minimum absolute atomic E-state index is 0.0835. The van der Waals surface area contributed by atoms with Crippen LogP contribution < -0.4 is 9.62 Å². The van der Waals surface area contributed by atoms with E-state index >= 15 is 0 Å². The molecule has 37 heavy (non-hydrogen) atoms. The normalized spacial score (nSPS) is 12.0. The van der Waals surface area contributed by atoms with Gasteiger partial charge in [-0.15, -0.1) is 0 Å². The summed E-state index contributed by atoms with van der Waals surface area (Å²) in [5.74, 6) is -0.758. The molecular weight excluding hydrogens is 601 g/mol. The van der Waals surface area contributed by atoms with E-state index in [-0.39, 0.29) is 17.3 Å². The first-order valence-electron chi connectivity index (χ1n) is 12.1. The molecule has 0 aliphatic rings. The molecule has 0 fully saturated rings. The monoisotopic (exact) mass is 633 g/mol. The van der Waals surface area contributed by atoms with Crippen LogP contribution >= 0.6 is 22.6 Å². The number of anilines is 1. The molecule has 3 rings (SSSR count). The molecule has 0 aromatic heterocycles. The van der Waals surface area contributed by atoms with Gasteiger partial charge in [-0.3, -0.25) is 13.9 Å². The Morgan fingerprint density at radius 1 is 0.946 bits per heavy atom. The van der Waals surface area contributed by atoms with Crippen molar-refractivity contribution in [2.45, 2.75) is 44.7 Å². The Kier molecular flexibility index (Phi) is 10.1. The van der Waals surface area contributed by atoms with Crippen LogP contribution in [0.4, 0.5) is 5.69 Å². The molecule has 3 aromatic carbocycles. The molecule has 0 radical (unpaired) electrons. The van der Waals surface area contributed by atoms with E-state index in [4.69, 9.17) is 0 Å². The van der Waals surface area contributed by atoms with Gasteiger partial charge >= 0.3 is 0 Å². The molecule has 3 aromatic rings. The molecule has 196 valence electrons. The van der Waals surface area contributed by atoms with Crippen molar-refractivity contribution in [1.82, 2.24) is 10.2 Å². The predicted octanol–water partition coefficient (Wildman–Crippen LogP) is 4.74. The predicted molar refractivity (Wildman–Crippen MR) is 155 cm³/mol. The zero-order chi connectivity index (χ0) is 27.0. The summed E-state index contributed by atoms with van der Waals surface area (Å²) in [7, 11) is -4.05. The van der Waals surface area contributed by atoms with Crippen molar-refractivity contribution in [2.24, 2.45) is 0 Å². The fourth-order valence-corrected chi connectivity index (χ4v) is 5.52. The second kappa shape index (κ2) is 13.0. The average Bonchev–Trinajstić information content (AvgIpc) is 2.90. The van der Waals surface area contributed by atoms with Crippen LogP contribution in [0, 0.1) is 10.5 Å². The fraction of sp³-hybridized carbons (Fsp3) is 0.286. The van der Waals surface area contributed by atoms with Crippen LogP contribution in [0.1, 0.15) is 31.4 Å². The number of amides is 2. The number of benzene rings is 3. The average molecular weight is 634 g/mol. The Labute approximate surface area is 233 Å². The van der Waals surface area contributed by atoms with Gasteiger partial charge < -0.3 is 10.2 Å². The topological polar surface area (TPSA) is 86.8 Å². The first kappa shape index (κ1) is 28.6. The molecule has 0 unspecified atom stereocenters. The molecule has 1 N–H and O–H groups in total. The maximum Gasteiger partial charge on any atom is 0.264 e. The number of hydrogen-bond donors (Lipinski definition) is 1. The lowest BCUT2D eigenvalue weighted by atomic mass is 10.1. The maximum atomic E-state index is 13.8. The van der Waals surface area contributed by atoms with Gasteiger partial charge in [-0.25, -0.2) is 8.42 Å². The Balaban J connectivity index is 1.99. The Hall–Kier alpha value is -2.92. The van der Waals surface area contributed by atoms with Crippen molar-refractivity contribution in [3.63, 3.8) is 0 Å². The standard InChI is InChI=1S/C28H32IN3O4S/c1-4-18-30-28(34)22(3)31(19-23-12-10-21(2)11-13-23)27(33)20-32(25-16-14-24(29)15-17-25)37(35,36)26-8-6-5-7-9-26/h5-17,22H,4,18-20H2,1-3H3,(H,30,34)/t22-/m1/s1. The summed E-state index contributed by atoms with van der Waals surface area (Å²) in [6.45, 7) is 5.81. The van der Waals surface area contributed by atoms with Crippen molar-refractivity contribution in [2.75, 3.05) is 17.4 Å². The summed E-state index contributed by atoms with van der Waals surface area (Å²) in [6.07, 6.45) is 0.764. The van der Waals surface area contributed by atoms with E-state index in [0.29, 0.717) is 12.2 Å². The van der Waals surface area contributed by atoms with E-state index in [2.05, 4.69) is 27.9 Å². The lowest BCUT2D eigenvalue weighted by Crippen LogP contribution is -2.51. The van der Waals surface area contributed by atoms with Crippen LogP contribution in [-0.4, -0.2) is 44.3 Å². The van der Waals surface area contributed by atoms with Crippen LogP contribution in [-0.2, 0) is 26.2 Å². The number of carbonyl (C=O) groups excluding carboxylic acids is 2. The zero-order valence-electron chi connectivity index (χ0n) is 21.2. The smallest absolute Gasteiger partial charge is 0.264 e. The van der Waals surface area contributed by atoms with Crippen molar-refractivity contribution in [1.29, 1.82) is 0 Å². The molecule has 0 bridgehead atoms. The van der Waals surface area contributed by atoms with E-state index in [9.17, 15) is 18.0 Å². The Morgan fingerprint density at radius 2 is 1.57 bits per heavy atom. The van der Waals surface area contributed by atoms with Crippen LogP contribution in [0.15, 0.2) is 83.8 Å². The summed E-state index contributed by atoms with van der Waals surface area (Å²) in [5, 5.41) is 2.84. The molecule has 1 atom stereocenters. The fourth-order valence-electron chi connectivity index (χ4n) is 3.72. The molecule has 9 heteroatoms. The number of carbonyl (C=O) groups is 2. The highest BCUT2D eigenvalue weighted by molar-refractivity contribution is 14.1. The Bertz CT molecular complexity index is 1300. The third-order valence-corrected chi connectivity index (χ3v) is 8.42. The summed E-state index contributed by atoms with van der Waals surface area (Å²) in [6, 6.07) is 21.9. The minimum Gasteiger partial charge on any atom is -0.354 e. The number of hydrogen-bond acceptors (Lipinski definition) is 4. The number of rotatable bonds is 11. The highest BCUT2D eigenvalue weighted by atomic mass is 127. The second-order valence-electron chi connectivity index (χ2n) is 8.78. The number of halogens is 1. The molecule has 0 saturated heterocycles. The van der Waals surface area contributed by atoms with Gasteiger partial charge in [-0.2, -0.15) is 0 Å².